The summed E-state index contributed by atoms with van der Waals surface area (Å²) in [7, 11) is 0. The van der Waals surface area contributed by atoms with Gasteiger partial charge in [-0.05, 0) is 12.1 Å². The molecule has 0 radical (unpaired) electrons. The monoisotopic (exact) mass is 562 g/mol. The second-order valence-corrected chi connectivity index (χ2v) is 8.52. The highest BCUT2D eigenvalue weighted by Crippen LogP contribution is 2.32. The van der Waals surface area contributed by atoms with Crippen LogP contribution in [0, 0.1) is 0 Å². The van der Waals surface area contributed by atoms with Gasteiger partial charge in [0.15, 0.2) is 12.2 Å². The molecule has 0 saturated carbocycles. The molecule has 0 aliphatic carbocycles. The molecule has 0 unspecified atom stereocenters. The Morgan fingerprint density at radius 1 is 0.800 bits per heavy atom. The molecule has 2 aliphatic heterocycles. The molecule has 2 saturated heterocycles. The number of urea groups is 1. The summed E-state index contributed by atoms with van der Waals surface area (Å²) in [5, 5.41) is 3.90. The van der Waals surface area contributed by atoms with Crippen molar-refractivity contribution < 1.29 is 62.0 Å². The fraction of sp³-hybridized carbons (Fsp3) is 0.400. The van der Waals surface area contributed by atoms with E-state index in [1.54, 1.807) is 12.1 Å². The summed E-state index contributed by atoms with van der Waals surface area (Å²) >= 11 is 0. The Kier molecular flexibility index (Phi) is 9.55. The van der Waals surface area contributed by atoms with Gasteiger partial charge in [-0.1, -0.05) is 18.2 Å². The van der Waals surface area contributed by atoms with Crippen LogP contribution in [0.5, 0.6) is 5.75 Å². The van der Waals surface area contributed by atoms with Crippen molar-refractivity contribution in [2.45, 2.75) is 58.4 Å². The summed E-state index contributed by atoms with van der Waals surface area (Å²) in [5.74, 6) is -5.01. The Labute approximate surface area is 227 Å². The van der Waals surface area contributed by atoms with Crippen LogP contribution in [-0.2, 0) is 52.5 Å². The van der Waals surface area contributed by atoms with E-state index in [0.29, 0.717) is 0 Å². The van der Waals surface area contributed by atoms with E-state index in [-0.39, 0.29) is 11.3 Å². The average Bonchev–Trinajstić information content (AvgIpc) is 2.84. The van der Waals surface area contributed by atoms with Gasteiger partial charge in [0.2, 0.25) is 12.4 Å². The maximum atomic E-state index is 12.2. The van der Waals surface area contributed by atoms with Gasteiger partial charge in [-0.3, -0.25) is 39.4 Å². The van der Waals surface area contributed by atoms with E-state index in [4.69, 9.17) is 28.4 Å². The molecule has 0 aromatic heterocycles. The van der Waals surface area contributed by atoms with Crippen LogP contribution in [0.3, 0.4) is 0 Å². The Bertz CT molecular complexity index is 1230. The number of ether oxygens (including phenoxy) is 6. The number of imide groups is 2. The number of benzene rings is 1. The molecule has 5 atom stereocenters. The SMILES string of the molecule is CC(=O)OC[C@H]1O[C@@H](Oc2ccccc2C=C2C(=O)NC(=O)NC2=O)[C@H](OC(C)=O)[C@@H](OC(C)=O)[C@@H]1OC(C)=O. The van der Waals surface area contributed by atoms with Gasteiger partial charge in [-0.2, -0.15) is 0 Å². The Morgan fingerprint density at radius 2 is 1.35 bits per heavy atom. The third-order valence-corrected chi connectivity index (χ3v) is 5.35. The molecule has 2 N–H and O–H groups in total. The molecule has 214 valence electrons. The zero-order valence-corrected chi connectivity index (χ0v) is 21.8. The second-order valence-electron chi connectivity index (χ2n) is 8.52. The van der Waals surface area contributed by atoms with E-state index in [9.17, 15) is 33.6 Å². The minimum absolute atomic E-state index is 0.00778. The van der Waals surface area contributed by atoms with E-state index >= 15 is 0 Å². The van der Waals surface area contributed by atoms with Gasteiger partial charge in [0, 0.05) is 33.3 Å². The first-order valence-electron chi connectivity index (χ1n) is 11.8. The van der Waals surface area contributed by atoms with Gasteiger partial charge in [-0.15, -0.1) is 0 Å². The second kappa shape index (κ2) is 12.8. The molecular weight excluding hydrogens is 536 g/mol. The summed E-state index contributed by atoms with van der Waals surface area (Å²) < 4.78 is 33.0. The first kappa shape index (κ1) is 29.8. The van der Waals surface area contributed by atoms with Crippen molar-refractivity contribution in [1.29, 1.82) is 0 Å². The van der Waals surface area contributed by atoms with Crippen molar-refractivity contribution in [2.24, 2.45) is 0 Å². The molecule has 0 spiro atoms. The van der Waals surface area contributed by atoms with Gasteiger partial charge >= 0.3 is 29.9 Å². The van der Waals surface area contributed by atoms with Crippen LogP contribution in [0.4, 0.5) is 4.79 Å². The molecule has 1 aromatic carbocycles. The number of hydrogen-bond acceptors (Lipinski definition) is 13. The molecule has 40 heavy (non-hydrogen) atoms. The molecule has 2 aliphatic rings. The third-order valence-electron chi connectivity index (χ3n) is 5.35. The smallest absolute Gasteiger partial charge is 0.328 e. The fourth-order valence-electron chi connectivity index (χ4n) is 3.88. The summed E-state index contributed by atoms with van der Waals surface area (Å²) in [6.45, 7) is 3.92. The molecule has 15 heteroatoms. The van der Waals surface area contributed by atoms with Gasteiger partial charge in [-0.25, -0.2) is 4.79 Å². The highest BCUT2D eigenvalue weighted by molar-refractivity contribution is 6.31. The summed E-state index contributed by atoms with van der Waals surface area (Å²) in [6, 6.07) is 5.05. The predicted octanol–water partition coefficient (Wildman–Crippen LogP) is -0.102. The standard InChI is InChI=1S/C25H26N2O13/c1-11(28)35-10-18-19(36-12(2)29)20(37-13(3)30)21(38-14(4)31)24(40-18)39-17-8-6-5-7-15(17)9-16-22(32)26-25(34)27-23(16)33/h5-9,18-21,24H,10H2,1-4H3,(H2,26,27,32,33,34)/t18-,19-,20+,21-,24-/m1/s1. The summed E-state index contributed by atoms with van der Waals surface area (Å²) in [5.41, 5.74) is -0.234. The summed E-state index contributed by atoms with van der Waals surface area (Å²) in [6.07, 6.45) is -5.99. The minimum Gasteiger partial charge on any atom is -0.463 e. The van der Waals surface area contributed by atoms with E-state index in [1.807, 2.05) is 10.6 Å². The van der Waals surface area contributed by atoms with Gasteiger partial charge in [0.25, 0.3) is 11.8 Å². The van der Waals surface area contributed by atoms with Gasteiger partial charge in [0.05, 0.1) is 0 Å². The predicted molar refractivity (Wildman–Crippen MR) is 129 cm³/mol. The number of hydrogen-bond donors (Lipinski definition) is 2. The lowest BCUT2D eigenvalue weighted by Crippen LogP contribution is -2.63. The minimum atomic E-state index is -1.55. The lowest BCUT2D eigenvalue weighted by molar-refractivity contribution is -0.288. The first-order chi connectivity index (χ1) is 18.8. The van der Waals surface area contributed by atoms with Crippen LogP contribution in [0.15, 0.2) is 29.8 Å². The first-order valence-corrected chi connectivity index (χ1v) is 11.8. The van der Waals surface area contributed by atoms with Crippen molar-refractivity contribution in [3.63, 3.8) is 0 Å². The number of amides is 4. The van der Waals surface area contributed by atoms with Crippen LogP contribution in [0.25, 0.3) is 6.08 Å². The zero-order valence-electron chi connectivity index (χ0n) is 21.8. The lowest BCUT2D eigenvalue weighted by Gasteiger charge is -2.44. The van der Waals surface area contributed by atoms with Crippen molar-refractivity contribution in [2.75, 3.05) is 6.61 Å². The number of esters is 4. The van der Waals surface area contributed by atoms with Gasteiger partial charge < -0.3 is 28.4 Å². The van der Waals surface area contributed by atoms with Gasteiger partial charge in [0.1, 0.15) is 24.0 Å². The number of rotatable bonds is 8. The number of carbonyl (C=O) groups is 7. The molecule has 0 bridgehead atoms. The highest BCUT2D eigenvalue weighted by Gasteiger charge is 2.53. The van der Waals surface area contributed by atoms with E-state index in [0.717, 1.165) is 33.8 Å². The van der Waals surface area contributed by atoms with Crippen molar-refractivity contribution in [3.8, 4) is 5.75 Å². The van der Waals surface area contributed by atoms with Crippen molar-refractivity contribution in [3.05, 3.63) is 35.4 Å². The van der Waals surface area contributed by atoms with Crippen LogP contribution in [0.2, 0.25) is 0 Å². The van der Waals surface area contributed by atoms with Crippen LogP contribution in [0.1, 0.15) is 33.3 Å². The Morgan fingerprint density at radius 3 is 1.93 bits per heavy atom. The highest BCUT2D eigenvalue weighted by atomic mass is 16.7. The lowest BCUT2D eigenvalue weighted by atomic mass is 9.98. The van der Waals surface area contributed by atoms with E-state index in [1.165, 1.54) is 12.1 Å². The average molecular weight is 562 g/mol. The maximum absolute atomic E-state index is 12.2. The van der Waals surface area contributed by atoms with E-state index < -0.39 is 84.6 Å². The number of para-hydroxylation sites is 1. The van der Waals surface area contributed by atoms with Crippen molar-refractivity contribution in [1.82, 2.24) is 10.6 Å². The topological polar surface area (TPSA) is 199 Å². The normalized spacial score (nSPS) is 24.1. The molecule has 2 fully saturated rings. The zero-order chi connectivity index (χ0) is 29.6. The molecule has 1 aromatic rings. The van der Waals surface area contributed by atoms with Crippen molar-refractivity contribution >= 4 is 47.8 Å². The largest absolute Gasteiger partial charge is 0.463 e. The Hall–Kier alpha value is -4.79. The molecule has 15 nitrogen and oxygen atoms in total. The molecule has 4 amide bonds. The molecular formula is C25H26N2O13. The maximum Gasteiger partial charge on any atom is 0.328 e. The third kappa shape index (κ3) is 7.63. The van der Waals surface area contributed by atoms with Crippen LogP contribution in [-0.4, -0.2) is 79.0 Å². The fourth-order valence-corrected chi connectivity index (χ4v) is 3.88. The molecule has 3 rings (SSSR count). The van der Waals surface area contributed by atoms with Crippen LogP contribution < -0.4 is 15.4 Å². The number of nitrogens with one attached hydrogen (secondary N) is 2. The number of carbonyl (C=O) groups excluding carboxylic acids is 7. The Balaban J connectivity index is 2.04. The molecule has 2 heterocycles. The van der Waals surface area contributed by atoms with E-state index in [2.05, 4.69) is 0 Å². The van der Waals surface area contributed by atoms with Crippen LogP contribution >= 0.6 is 0 Å². The summed E-state index contributed by atoms with van der Waals surface area (Å²) in [4.78, 5) is 83.2. The number of barbiturate groups is 1. The quantitative estimate of drug-likeness (QED) is 0.184.